The van der Waals surface area contributed by atoms with Crippen LogP contribution in [0.15, 0.2) is 0 Å². The number of aliphatic carboxylic acids is 1. The van der Waals surface area contributed by atoms with Gasteiger partial charge in [0.25, 0.3) is 0 Å². The van der Waals surface area contributed by atoms with Crippen LogP contribution in [0.1, 0.15) is 58.8 Å². The number of urea groups is 1. The number of hydrogen-bond donors (Lipinski definition) is 3. The Bertz CT molecular complexity index is 244. The van der Waals surface area contributed by atoms with Crippen molar-refractivity contribution in [1.82, 2.24) is 10.6 Å². The molecule has 3 N–H and O–H groups in total. The molecule has 0 aromatic rings. The van der Waals surface area contributed by atoms with E-state index in [1.807, 2.05) is 0 Å². The molecular weight excluding hydrogens is 232 g/mol. The van der Waals surface area contributed by atoms with E-state index in [1.54, 1.807) is 0 Å². The fourth-order valence-electron chi connectivity index (χ4n) is 1.77. The van der Waals surface area contributed by atoms with Crippen molar-refractivity contribution in [3.63, 3.8) is 0 Å². The summed E-state index contributed by atoms with van der Waals surface area (Å²) in [6.45, 7) is 4.64. The average molecular weight is 258 g/mol. The minimum atomic E-state index is -0.830. The topological polar surface area (TPSA) is 78.4 Å². The maximum atomic E-state index is 11.6. The predicted molar refractivity (Wildman–Crippen MR) is 71.6 cm³/mol. The smallest absolute Gasteiger partial charge is 0.315 e. The van der Waals surface area contributed by atoms with E-state index in [0.29, 0.717) is 13.0 Å². The lowest BCUT2D eigenvalue weighted by atomic mass is 10.1. The first-order valence-electron chi connectivity index (χ1n) is 6.86. The molecule has 0 saturated heterocycles. The molecule has 0 radical (unpaired) electrons. The van der Waals surface area contributed by atoms with Gasteiger partial charge in [0.05, 0.1) is 0 Å². The van der Waals surface area contributed by atoms with Crippen molar-refractivity contribution in [2.24, 2.45) is 0 Å². The molecule has 1 atom stereocenters. The van der Waals surface area contributed by atoms with Crippen molar-refractivity contribution in [2.45, 2.75) is 64.8 Å². The number of carbonyl (C=O) groups excluding carboxylic acids is 1. The van der Waals surface area contributed by atoms with Crippen molar-refractivity contribution >= 4 is 12.0 Å². The lowest BCUT2D eigenvalue weighted by Gasteiger charge is -2.18. The maximum absolute atomic E-state index is 11.6. The quantitative estimate of drug-likeness (QED) is 0.527. The summed E-state index contributed by atoms with van der Waals surface area (Å²) in [5, 5.41) is 14.1. The molecule has 0 aliphatic heterocycles. The Kier molecular flexibility index (Phi) is 10.1. The highest BCUT2D eigenvalue weighted by Gasteiger charge is 2.10. The molecule has 1 unspecified atom stereocenters. The van der Waals surface area contributed by atoms with E-state index in [4.69, 9.17) is 5.11 Å². The van der Waals surface area contributed by atoms with Gasteiger partial charge in [-0.15, -0.1) is 0 Å². The summed E-state index contributed by atoms with van der Waals surface area (Å²) >= 11 is 0. The molecule has 18 heavy (non-hydrogen) atoms. The SMILES string of the molecule is CCCCC(CCC)NC(=O)NCCCC(=O)O. The Labute approximate surface area is 109 Å². The first-order valence-corrected chi connectivity index (χ1v) is 6.86. The van der Waals surface area contributed by atoms with Crippen LogP contribution in [0.25, 0.3) is 0 Å². The third-order valence-corrected chi connectivity index (χ3v) is 2.73. The van der Waals surface area contributed by atoms with Gasteiger partial charge in [-0.05, 0) is 19.3 Å². The van der Waals surface area contributed by atoms with Crippen molar-refractivity contribution < 1.29 is 14.7 Å². The highest BCUT2D eigenvalue weighted by Crippen LogP contribution is 2.06. The second-order valence-electron chi connectivity index (χ2n) is 4.53. The number of unbranched alkanes of at least 4 members (excludes halogenated alkanes) is 1. The number of nitrogens with one attached hydrogen (secondary N) is 2. The van der Waals surface area contributed by atoms with Gasteiger partial charge in [0, 0.05) is 19.0 Å². The van der Waals surface area contributed by atoms with Crippen LogP contribution in [0.4, 0.5) is 4.79 Å². The van der Waals surface area contributed by atoms with Gasteiger partial charge in [0.2, 0.25) is 0 Å². The molecule has 0 rings (SSSR count). The summed E-state index contributed by atoms with van der Waals surface area (Å²) in [6.07, 6.45) is 5.85. The van der Waals surface area contributed by atoms with Gasteiger partial charge in [-0.3, -0.25) is 4.79 Å². The fourth-order valence-corrected chi connectivity index (χ4v) is 1.77. The molecule has 0 fully saturated rings. The van der Waals surface area contributed by atoms with E-state index >= 15 is 0 Å². The van der Waals surface area contributed by atoms with Crippen molar-refractivity contribution in [2.75, 3.05) is 6.54 Å². The average Bonchev–Trinajstić information content (AvgIpc) is 2.31. The molecule has 0 saturated carbocycles. The standard InChI is InChI=1S/C13H26N2O3/c1-3-5-8-11(7-4-2)15-13(18)14-10-6-9-12(16)17/h11H,3-10H2,1-2H3,(H,16,17)(H2,14,15,18). The second kappa shape index (κ2) is 10.9. The highest BCUT2D eigenvalue weighted by atomic mass is 16.4. The lowest BCUT2D eigenvalue weighted by Crippen LogP contribution is -2.42. The molecule has 0 aliphatic rings. The number of carboxylic acid groups (broad SMARTS) is 1. The largest absolute Gasteiger partial charge is 0.481 e. The monoisotopic (exact) mass is 258 g/mol. The zero-order valence-electron chi connectivity index (χ0n) is 11.5. The summed E-state index contributed by atoms with van der Waals surface area (Å²) < 4.78 is 0. The first kappa shape index (κ1) is 16.7. The van der Waals surface area contributed by atoms with E-state index in [9.17, 15) is 9.59 Å². The van der Waals surface area contributed by atoms with E-state index < -0.39 is 5.97 Å². The van der Waals surface area contributed by atoms with Gasteiger partial charge in [-0.2, -0.15) is 0 Å². The van der Waals surface area contributed by atoms with Crippen LogP contribution in [0.5, 0.6) is 0 Å². The number of carbonyl (C=O) groups is 2. The van der Waals surface area contributed by atoms with Crippen molar-refractivity contribution in [1.29, 1.82) is 0 Å². The molecule has 106 valence electrons. The number of rotatable bonds is 10. The molecule has 0 heterocycles. The minimum absolute atomic E-state index is 0.0918. The van der Waals surface area contributed by atoms with Crippen molar-refractivity contribution in [3.8, 4) is 0 Å². The molecular formula is C13H26N2O3. The van der Waals surface area contributed by atoms with E-state index in [1.165, 1.54) is 0 Å². The number of amides is 2. The number of carboxylic acids is 1. The van der Waals surface area contributed by atoms with Crippen molar-refractivity contribution in [3.05, 3.63) is 0 Å². The van der Waals surface area contributed by atoms with Gasteiger partial charge in [0.1, 0.15) is 0 Å². The molecule has 2 amide bonds. The second-order valence-corrected chi connectivity index (χ2v) is 4.53. The first-order chi connectivity index (χ1) is 8.60. The summed E-state index contributed by atoms with van der Waals surface area (Å²) in [5.74, 6) is -0.830. The van der Waals surface area contributed by atoms with Gasteiger partial charge in [-0.25, -0.2) is 4.79 Å². The summed E-state index contributed by atoms with van der Waals surface area (Å²) in [6, 6.07) is 0.0457. The van der Waals surface area contributed by atoms with Gasteiger partial charge in [-0.1, -0.05) is 33.1 Å². The van der Waals surface area contributed by atoms with Crippen LogP contribution < -0.4 is 10.6 Å². The molecule has 0 aromatic carbocycles. The normalized spacial score (nSPS) is 11.9. The van der Waals surface area contributed by atoms with Gasteiger partial charge in [0.15, 0.2) is 0 Å². The zero-order chi connectivity index (χ0) is 13.8. The Morgan fingerprint density at radius 3 is 2.39 bits per heavy atom. The molecule has 0 bridgehead atoms. The molecule has 0 aliphatic carbocycles. The minimum Gasteiger partial charge on any atom is -0.481 e. The van der Waals surface area contributed by atoms with E-state index in [0.717, 1.165) is 32.1 Å². The number of hydrogen-bond acceptors (Lipinski definition) is 2. The Morgan fingerprint density at radius 2 is 1.83 bits per heavy atom. The molecule has 5 nitrogen and oxygen atoms in total. The van der Waals surface area contributed by atoms with E-state index in [-0.39, 0.29) is 18.5 Å². The predicted octanol–water partition coefficient (Wildman–Crippen LogP) is 2.51. The highest BCUT2D eigenvalue weighted by molar-refractivity contribution is 5.74. The Hall–Kier alpha value is -1.26. The van der Waals surface area contributed by atoms with E-state index in [2.05, 4.69) is 24.5 Å². The lowest BCUT2D eigenvalue weighted by molar-refractivity contribution is -0.137. The van der Waals surface area contributed by atoms with Gasteiger partial charge < -0.3 is 15.7 Å². The van der Waals surface area contributed by atoms with Crippen LogP contribution in [-0.4, -0.2) is 29.7 Å². The summed E-state index contributed by atoms with van der Waals surface area (Å²) in [7, 11) is 0. The molecule has 5 heteroatoms. The van der Waals surface area contributed by atoms with Crippen LogP contribution in [0.2, 0.25) is 0 Å². The molecule has 0 spiro atoms. The Morgan fingerprint density at radius 1 is 1.11 bits per heavy atom. The van der Waals surface area contributed by atoms with Gasteiger partial charge >= 0.3 is 12.0 Å². The third-order valence-electron chi connectivity index (χ3n) is 2.73. The van der Waals surface area contributed by atoms with Crippen LogP contribution in [-0.2, 0) is 4.79 Å². The molecule has 0 aromatic heterocycles. The maximum Gasteiger partial charge on any atom is 0.315 e. The third kappa shape index (κ3) is 9.93. The van der Waals surface area contributed by atoms with Crippen LogP contribution in [0, 0.1) is 0 Å². The summed E-state index contributed by atoms with van der Waals surface area (Å²) in [4.78, 5) is 21.9. The van der Waals surface area contributed by atoms with Crippen LogP contribution >= 0.6 is 0 Å². The fraction of sp³-hybridized carbons (Fsp3) is 0.846. The summed E-state index contributed by atoms with van der Waals surface area (Å²) in [5.41, 5.74) is 0. The Balaban J connectivity index is 3.76. The van der Waals surface area contributed by atoms with Crippen LogP contribution in [0.3, 0.4) is 0 Å². The zero-order valence-corrected chi connectivity index (χ0v) is 11.5.